The number of nitrogens with one attached hydrogen (secondary N) is 1. The molecule has 0 spiro atoms. The van der Waals surface area contributed by atoms with Crippen molar-refractivity contribution in [1.29, 1.82) is 0 Å². The van der Waals surface area contributed by atoms with Crippen LogP contribution in [0, 0.1) is 18.7 Å². The molecule has 6 nitrogen and oxygen atoms in total. The molecule has 0 saturated carbocycles. The zero-order valence-electron chi connectivity index (χ0n) is 14.5. The summed E-state index contributed by atoms with van der Waals surface area (Å²) < 4.78 is 14.8. The molecular weight excluding hydrogens is 323 g/mol. The molecule has 1 saturated heterocycles. The lowest BCUT2D eigenvalue weighted by Gasteiger charge is -2.18. The molecule has 1 aromatic carbocycles. The normalized spacial score (nSPS) is 18.5. The molecule has 132 valence electrons. The van der Waals surface area contributed by atoms with Crippen molar-refractivity contribution in [3.63, 3.8) is 0 Å². The van der Waals surface area contributed by atoms with Gasteiger partial charge in [-0.15, -0.1) is 0 Å². The van der Waals surface area contributed by atoms with E-state index in [2.05, 4.69) is 10.4 Å². The Labute approximate surface area is 145 Å². The minimum atomic E-state index is -0.419. The van der Waals surface area contributed by atoms with Crippen LogP contribution in [-0.2, 0) is 16.6 Å². The Morgan fingerprint density at radius 3 is 2.64 bits per heavy atom. The smallest absolute Gasteiger partial charge is 0.227 e. The van der Waals surface area contributed by atoms with Crippen molar-refractivity contribution < 1.29 is 14.0 Å². The van der Waals surface area contributed by atoms with Crippen molar-refractivity contribution in [3.8, 4) is 0 Å². The number of rotatable bonds is 4. The second kappa shape index (κ2) is 6.66. The fourth-order valence-corrected chi connectivity index (χ4v) is 3.21. The van der Waals surface area contributed by atoms with Crippen LogP contribution in [0.5, 0.6) is 0 Å². The lowest BCUT2D eigenvalue weighted by Crippen LogP contribution is -2.34. The summed E-state index contributed by atoms with van der Waals surface area (Å²) in [6.45, 7) is 4.10. The van der Waals surface area contributed by atoms with Gasteiger partial charge in [0.25, 0.3) is 0 Å². The fraction of sp³-hybridized carbons (Fsp3) is 0.389. The third kappa shape index (κ3) is 3.55. The Bertz CT molecular complexity index is 800. The topological polar surface area (TPSA) is 67.2 Å². The first-order valence-corrected chi connectivity index (χ1v) is 8.21. The molecular formula is C18H21FN4O2. The molecule has 2 atom stereocenters. The Morgan fingerprint density at radius 1 is 1.36 bits per heavy atom. The molecule has 7 heteroatoms. The van der Waals surface area contributed by atoms with Gasteiger partial charge in [-0.3, -0.25) is 14.3 Å². The molecule has 0 unspecified atom stereocenters. The minimum absolute atomic E-state index is 0.128. The van der Waals surface area contributed by atoms with Crippen molar-refractivity contribution in [1.82, 2.24) is 15.1 Å². The van der Waals surface area contributed by atoms with E-state index in [4.69, 9.17) is 0 Å². The van der Waals surface area contributed by atoms with Gasteiger partial charge in [0.2, 0.25) is 11.8 Å². The second-order valence-electron chi connectivity index (χ2n) is 6.46. The number of hydrogen-bond acceptors (Lipinski definition) is 3. The Balaban J connectivity index is 1.66. The second-order valence-corrected chi connectivity index (χ2v) is 6.46. The van der Waals surface area contributed by atoms with E-state index in [1.165, 1.54) is 17.0 Å². The number of anilines is 1. The highest BCUT2D eigenvalue weighted by atomic mass is 19.1. The Morgan fingerprint density at radius 2 is 2.04 bits per heavy atom. The summed E-state index contributed by atoms with van der Waals surface area (Å²) in [7, 11) is 1.83. The standard InChI is InChI=1S/C18H21FN4O2/c1-11(16-10-22(3)21-12(16)2)20-18(25)13-8-17(24)23(9-13)15-6-4-14(19)5-7-15/h4-7,10-11,13H,8-9H2,1-3H3,(H,20,25)/t11-,13+/m0/s1. The van der Waals surface area contributed by atoms with Crippen LogP contribution >= 0.6 is 0 Å². The molecule has 1 fully saturated rings. The van der Waals surface area contributed by atoms with Gasteiger partial charge >= 0.3 is 0 Å². The van der Waals surface area contributed by atoms with Gasteiger partial charge in [-0.1, -0.05) is 0 Å². The van der Waals surface area contributed by atoms with Crippen LogP contribution in [-0.4, -0.2) is 28.1 Å². The molecule has 2 heterocycles. The van der Waals surface area contributed by atoms with Gasteiger partial charge in [0, 0.05) is 37.5 Å². The maximum atomic E-state index is 13.0. The van der Waals surface area contributed by atoms with E-state index in [-0.39, 0.29) is 30.1 Å². The zero-order chi connectivity index (χ0) is 18.1. The van der Waals surface area contributed by atoms with Crippen LogP contribution in [0.1, 0.15) is 30.6 Å². The molecule has 3 rings (SSSR count). The molecule has 2 amide bonds. The van der Waals surface area contributed by atoms with Crippen molar-refractivity contribution in [2.45, 2.75) is 26.3 Å². The first-order valence-electron chi connectivity index (χ1n) is 8.21. The van der Waals surface area contributed by atoms with Crippen molar-refractivity contribution in [2.75, 3.05) is 11.4 Å². The Kier molecular flexibility index (Phi) is 4.57. The highest BCUT2D eigenvalue weighted by Crippen LogP contribution is 2.26. The maximum absolute atomic E-state index is 13.0. The van der Waals surface area contributed by atoms with E-state index in [1.807, 2.05) is 27.1 Å². The third-order valence-corrected chi connectivity index (χ3v) is 4.51. The number of aryl methyl sites for hydroxylation is 2. The van der Waals surface area contributed by atoms with Crippen LogP contribution in [0.4, 0.5) is 10.1 Å². The predicted octanol–water partition coefficient (Wildman–Crippen LogP) is 2.10. The molecule has 1 aliphatic heterocycles. The van der Waals surface area contributed by atoms with Gasteiger partial charge in [0.05, 0.1) is 17.7 Å². The summed E-state index contributed by atoms with van der Waals surface area (Å²) in [6.07, 6.45) is 2.03. The van der Waals surface area contributed by atoms with Crippen LogP contribution in [0.25, 0.3) is 0 Å². The average molecular weight is 344 g/mol. The van der Waals surface area contributed by atoms with Crippen molar-refractivity contribution in [3.05, 3.63) is 47.5 Å². The number of aromatic nitrogens is 2. The monoisotopic (exact) mass is 344 g/mol. The number of carbonyl (C=O) groups excluding carboxylic acids is 2. The van der Waals surface area contributed by atoms with Crippen molar-refractivity contribution >= 4 is 17.5 Å². The SMILES string of the molecule is Cc1nn(C)cc1[C@H](C)NC(=O)[C@@H]1CC(=O)N(c2ccc(F)cc2)C1. The highest BCUT2D eigenvalue weighted by molar-refractivity contribution is 6.00. The van der Waals surface area contributed by atoms with Crippen LogP contribution in [0.3, 0.4) is 0 Å². The third-order valence-electron chi connectivity index (χ3n) is 4.51. The summed E-state index contributed by atoms with van der Waals surface area (Å²) >= 11 is 0. The van der Waals surface area contributed by atoms with E-state index in [9.17, 15) is 14.0 Å². The largest absolute Gasteiger partial charge is 0.349 e. The molecule has 0 radical (unpaired) electrons. The highest BCUT2D eigenvalue weighted by Gasteiger charge is 2.35. The number of nitrogens with zero attached hydrogens (tertiary/aromatic N) is 3. The molecule has 0 aliphatic carbocycles. The lowest BCUT2D eigenvalue weighted by molar-refractivity contribution is -0.126. The van der Waals surface area contributed by atoms with E-state index in [1.54, 1.807) is 16.8 Å². The van der Waals surface area contributed by atoms with Gasteiger partial charge in [0.1, 0.15) is 5.82 Å². The summed E-state index contributed by atoms with van der Waals surface area (Å²) in [6, 6.07) is 5.53. The zero-order valence-corrected chi connectivity index (χ0v) is 14.5. The van der Waals surface area contributed by atoms with Gasteiger partial charge < -0.3 is 10.2 Å². The summed E-state index contributed by atoms with van der Waals surface area (Å²) in [5.41, 5.74) is 2.43. The Hall–Kier alpha value is -2.70. The van der Waals surface area contributed by atoms with Gasteiger partial charge in [0.15, 0.2) is 0 Å². The molecule has 1 N–H and O–H groups in total. The number of carbonyl (C=O) groups is 2. The maximum Gasteiger partial charge on any atom is 0.227 e. The number of amides is 2. The molecule has 0 bridgehead atoms. The molecule has 25 heavy (non-hydrogen) atoms. The van der Waals surface area contributed by atoms with E-state index < -0.39 is 5.92 Å². The summed E-state index contributed by atoms with van der Waals surface area (Å²) in [5, 5.41) is 7.24. The quantitative estimate of drug-likeness (QED) is 0.924. The number of hydrogen-bond donors (Lipinski definition) is 1. The number of benzene rings is 1. The average Bonchev–Trinajstić information content (AvgIpc) is 3.10. The van der Waals surface area contributed by atoms with Crippen LogP contribution < -0.4 is 10.2 Å². The van der Waals surface area contributed by atoms with Crippen LogP contribution in [0.2, 0.25) is 0 Å². The van der Waals surface area contributed by atoms with Gasteiger partial charge in [-0.25, -0.2) is 4.39 Å². The summed E-state index contributed by atoms with van der Waals surface area (Å²) in [5.74, 6) is -1.06. The molecule has 1 aromatic heterocycles. The van der Waals surface area contributed by atoms with Gasteiger partial charge in [-0.2, -0.15) is 5.10 Å². The predicted molar refractivity (Wildman–Crippen MR) is 91.4 cm³/mol. The summed E-state index contributed by atoms with van der Waals surface area (Å²) in [4.78, 5) is 26.3. The van der Waals surface area contributed by atoms with Crippen LogP contribution in [0.15, 0.2) is 30.5 Å². The van der Waals surface area contributed by atoms with E-state index in [0.717, 1.165) is 11.3 Å². The fourth-order valence-electron chi connectivity index (χ4n) is 3.21. The lowest BCUT2D eigenvalue weighted by atomic mass is 10.1. The first kappa shape index (κ1) is 17.1. The minimum Gasteiger partial charge on any atom is -0.349 e. The number of halogens is 1. The van der Waals surface area contributed by atoms with Crippen molar-refractivity contribution in [2.24, 2.45) is 13.0 Å². The van der Waals surface area contributed by atoms with E-state index in [0.29, 0.717) is 12.2 Å². The molecule has 1 aliphatic rings. The molecule has 2 aromatic rings. The van der Waals surface area contributed by atoms with E-state index >= 15 is 0 Å². The first-order chi connectivity index (χ1) is 11.8. The van der Waals surface area contributed by atoms with Gasteiger partial charge in [-0.05, 0) is 38.1 Å².